The first kappa shape index (κ1) is 10.7. The van der Waals surface area contributed by atoms with Crippen molar-refractivity contribution >= 4 is 17.5 Å². The largest absolute Gasteiger partial charge is 0.294 e. The van der Waals surface area contributed by atoms with Gasteiger partial charge < -0.3 is 0 Å². The summed E-state index contributed by atoms with van der Waals surface area (Å²) in [5, 5.41) is 0. The molecule has 2 rings (SSSR count). The van der Waals surface area contributed by atoms with E-state index in [-0.39, 0.29) is 17.5 Å². The van der Waals surface area contributed by atoms with Gasteiger partial charge in [-0.1, -0.05) is 0 Å². The molecule has 1 saturated carbocycles. The highest BCUT2D eigenvalue weighted by Gasteiger charge is 2.30. The molecule has 1 aliphatic carbocycles. The van der Waals surface area contributed by atoms with Crippen LogP contribution in [-0.2, 0) is 0 Å². The van der Waals surface area contributed by atoms with E-state index in [1.807, 2.05) is 6.26 Å². The molecule has 0 aliphatic heterocycles. The van der Waals surface area contributed by atoms with Crippen LogP contribution in [0.15, 0.2) is 17.0 Å². The standard InChI is InChI=1S/C12H13FOS/c1-7-5-9(12(14)8-3-4-8)6-10(15-2)11(7)13/h5-6,8H,3-4H2,1-2H3. The lowest BCUT2D eigenvalue weighted by molar-refractivity contribution is 0.0967. The number of carbonyl (C=O) groups excluding carboxylic acids is 1. The zero-order valence-electron chi connectivity index (χ0n) is 8.84. The van der Waals surface area contributed by atoms with Crippen molar-refractivity contribution in [2.45, 2.75) is 24.7 Å². The number of Topliss-reactive ketones (excluding diaryl/α,β-unsaturated/α-hetero) is 1. The third kappa shape index (κ3) is 2.07. The lowest BCUT2D eigenvalue weighted by Crippen LogP contribution is -2.03. The molecule has 0 atom stereocenters. The van der Waals surface area contributed by atoms with Gasteiger partial charge in [-0.15, -0.1) is 11.8 Å². The molecule has 3 heteroatoms. The zero-order chi connectivity index (χ0) is 11.0. The van der Waals surface area contributed by atoms with E-state index in [0.717, 1.165) is 12.8 Å². The fourth-order valence-electron chi connectivity index (χ4n) is 1.61. The van der Waals surface area contributed by atoms with Crippen molar-refractivity contribution in [2.24, 2.45) is 5.92 Å². The average molecular weight is 224 g/mol. The van der Waals surface area contributed by atoms with Crippen LogP contribution in [0.2, 0.25) is 0 Å². The number of benzene rings is 1. The Balaban J connectivity index is 2.39. The molecule has 0 radical (unpaired) electrons. The molecule has 0 bridgehead atoms. The first-order valence-electron chi connectivity index (χ1n) is 5.02. The quantitative estimate of drug-likeness (QED) is 0.578. The fraction of sp³-hybridized carbons (Fsp3) is 0.417. The van der Waals surface area contributed by atoms with E-state index >= 15 is 0 Å². The molecule has 1 aromatic carbocycles. The van der Waals surface area contributed by atoms with Crippen LogP contribution in [0.25, 0.3) is 0 Å². The Morgan fingerprint density at radius 2 is 2.13 bits per heavy atom. The van der Waals surface area contributed by atoms with Crippen molar-refractivity contribution in [1.29, 1.82) is 0 Å². The number of thioether (sulfide) groups is 1. The van der Waals surface area contributed by atoms with Crippen LogP contribution >= 0.6 is 11.8 Å². The van der Waals surface area contributed by atoms with Crippen LogP contribution in [-0.4, -0.2) is 12.0 Å². The SMILES string of the molecule is CSc1cc(C(=O)C2CC2)cc(C)c1F. The van der Waals surface area contributed by atoms with Crippen molar-refractivity contribution in [2.75, 3.05) is 6.26 Å². The molecule has 15 heavy (non-hydrogen) atoms. The second kappa shape index (κ2) is 3.97. The summed E-state index contributed by atoms with van der Waals surface area (Å²) in [6.45, 7) is 1.71. The maximum Gasteiger partial charge on any atom is 0.165 e. The van der Waals surface area contributed by atoms with Gasteiger partial charge in [0.05, 0.1) is 0 Å². The molecule has 1 fully saturated rings. The zero-order valence-corrected chi connectivity index (χ0v) is 9.66. The number of aryl methyl sites for hydroxylation is 1. The Morgan fingerprint density at radius 1 is 1.47 bits per heavy atom. The minimum atomic E-state index is -0.199. The first-order valence-corrected chi connectivity index (χ1v) is 6.24. The monoisotopic (exact) mass is 224 g/mol. The Hall–Kier alpha value is -0.830. The van der Waals surface area contributed by atoms with Crippen LogP contribution in [0.4, 0.5) is 4.39 Å². The van der Waals surface area contributed by atoms with E-state index in [1.165, 1.54) is 11.8 Å². The van der Waals surface area contributed by atoms with Crippen LogP contribution in [0, 0.1) is 18.7 Å². The highest BCUT2D eigenvalue weighted by molar-refractivity contribution is 7.98. The molecular formula is C12H13FOS. The second-order valence-electron chi connectivity index (χ2n) is 3.95. The van der Waals surface area contributed by atoms with Crippen LogP contribution in [0.5, 0.6) is 0 Å². The molecular weight excluding hydrogens is 211 g/mol. The number of halogens is 1. The minimum Gasteiger partial charge on any atom is -0.294 e. The molecule has 80 valence electrons. The van der Waals surface area contributed by atoms with Crippen molar-refractivity contribution in [1.82, 2.24) is 0 Å². The molecule has 0 aromatic heterocycles. The predicted octanol–water partition coefficient (Wildman–Crippen LogP) is 3.45. The van der Waals surface area contributed by atoms with E-state index in [0.29, 0.717) is 16.0 Å². The van der Waals surface area contributed by atoms with Gasteiger partial charge in [0.25, 0.3) is 0 Å². The summed E-state index contributed by atoms with van der Waals surface area (Å²) in [5.41, 5.74) is 1.23. The Morgan fingerprint density at radius 3 is 2.67 bits per heavy atom. The van der Waals surface area contributed by atoms with Crippen LogP contribution in [0.1, 0.15) is 28.8 Å². The molecule has 0 unspecified atom stereocenters. The van der Waals surface area contributed by atoms with Gasteiger partial charge in [0, 0.05) is 16.4 Å². The predicted molar refractivity (Wildman–Crippen MR) is 60.0 cm³/mol. The van der Waals surface area contributed by atoms with E-state index in [1.54, 1.807) is 19.1 Å². The van der Waals surface area contributed by atoms with Gasteiger partial charge in [0.1, 0.15) is 5.82 Å². The summed E-state index contributed by atoms with van der Waals surface area (Å²) >= 11 is 1.35. The van der Waals surface area contributed by atoms with Gasteiger partial charge in [-0.2, -0.15) is 0 Å². The highest BCUT2D eigenvalue weighted by Crippen LogP contribution is 2.34. The minimum absolute atomic E-state index is 0.174. The van der Waals surface area contributed by atoms with Crippen LogP contribution < -0.4 is 0 Å². The third-order valence-corrected chi connectivity index (χ3v) is 3.41. The summed E-state index contributed by atoms with van der Waals surface area (Å²) in [6.07, 6.45) is 3.80. The smallest absolute Gasteiger partial charge is 0.165 e. The Kier molecular flexibility index (Phi) is 2.83. The molecule has 0 amide bonds. The van der Waals surface area contributed by atoms with Crippen LogP contribution in [0.3, 0.4) is 0 Å². The number of carbonyl (C=O) groups is 1. The number of hydrogen-bond donors (Lipinski definition) is 0. The van der Waals surface area contributed by atoms with Crippen molar-refractivity contribution in [3.8, 4) is 0 Å². The van der Waals surface area contributed by atoms with Gasteiger partial charge in [-0.05, 0) is 43.7 Å². The van der Waals surface area contributed by atoms with Gasteiger partial charge in [0.2, 0.25) is 0 Å². The lowest BCUT2D eigenvalue weighted by atomic mass is 10.0. The second-order valence-corrected chi connectivity index (χ2v) is 4.80. The third-order valence-electron chi connectivity index (χ3n) is 2.67. The molecule has 0 N–H and O–H groups in total. The van der Waals surface area contributed by atoms with Gasteiger partial charge in [-0.3, -0.25) is 4.79 Å². The van der Waals surface area contributed by atoms with E-state index < -0.39 is 0 Å². The summed E-state index contributed by atoms with van der Waals surface area (Å²) < 4.78 is 13.5. The lowest BCUT2D eigenvalue weighted by Gasteiger charge is -2.06. The van der Waals surface area contributed by atoms with E-state index in [9.17, 15) is 9.18 Å². The fourth-order valence-corrected chi connectivity index (χ4v) is 2.19. The van der Waals surface area contributed by atoms with E-state index in [2.05, 4.69) is 0 Å². The van der Waals surface area contributed by atoms with Crippen molar-refractivity contribution in [3.63, 3.8) is 0 Å². The maximum absolute atomic E-state index is 13.5. The molecule has 1 nitrogen and oxygen atoms in total. The number of rotatable bonds is 3. The average Bonchev–Trinajstić information content (AvgIpc) is 3.04. The molecule has 0 saturated heterocycles. The maximum atomic E-state index is 13.5. The summed E-state index contributed by atoms with van der Waals surface area (Å²) in [5.74, 6) is 0.174. The highest BCUT2D eigenvalue weighted by atomic mass is 32.2. The Labute approximate surface area is 93.1 Å². The number of hydrogen-bond acceptors (Lipinski definition) is 2. The van der Waals surface area contributed by atoms with Gasteiger partial charge >= 0.3 is 0 Å². The van der Waals surface area contributed by atoms with Crippen molar-refractivity contribution in [3.05, 3.63) is 29.1 Å². The molecule has 1 aromatic rings. The molecule has 0 spiro atoms. The summed E-state index contributed by atoms with van der Waals surface area (Å²) in [6, 6.07) is 3.34. The first-order chi connectivity index (χ1) is 7.13. The van der Waals surface area contributed by atoms with E-state index in [4.69, 9.17) is 0 Å². The summed E-state index contributed by atoms with van der Waals surface area (Å²) in [4.78, 5) is 12.4. The molecule has 0 heterocycles. The van der Waals surface area contributed by atoms with Crippen molar-refractivity contribution < 1.29 is 9.18 Å². The van der Waals surface area contributed by atoms with Gasteiger partial charge in [0.15, 0.2) is 5.78 Å². The Bertz CT molecular complexity index is 410. The van der Waals surface area contributed by atoms with Gasteiger partial charge in [-0.25, -0.2) is 4.39 Å². The molecule has 1 aliphatic rings. The topological polar surface area (TPSA) is 17.1 Å². The summed E-state index contributed by atoms with van der Waals surface area (Å²) in [7, 11) is 0. The normalized spacial score (nSPS) is 15.4. The number of ketones is 1.